The normalized spacial score (nSPS) is 22.3. The summed E-state index contributed by atoms with van der Waals surface area (Å²) in [5, 5.41) is 3.28. The van der Waals surface area contributed by atoms with Gasteiger partial charge in [-0.05, 0) is 33.2 Å². The van der Waals surface area contributed by atoms with Crippen molar-refractivity contribution in [2.45, 2.75) is 32.2 Å². The van der Waals surface area contributed by atoms with Crippen molar-refractivity contribution in [1.82, 2.24) is 10.2 Å². The first kappa shape index (κ1) is 12.5. The lowest BCUT2D eigenvalue weighted by Crippen LogP contribution is -2.56. The third-order valence-electron chi connectivity index (χ3n) is 2.81. The maximum absolute atomic E-state index is 12.1. The lowest BCUT2D eigenvalue weighted by Gasteiger charge is -2.35. The standard InChI is InChI=1S/C11H22N2O2/c1-11(2)10(14)13(8-9-15-3)7-5-4-6-12-11/h12H,4-9H2,1-3H3. The SMILES string of the molecule is COCCN1CCCCNC(C)(C)C1=O. The van der Waals surface area contributed by atoms with Gasteiger partial charge in [0.1, 0.15) is 0 Å². The Morgan fingerprint density at radius 1 is 1.47 bits per heavy atom. The molecule has 1 aliphatic heterocycles. The molecular weight excluding hydrogens is 192 g/mol. The molecule has 1 rings (SSSR count). The molecule has 0 aliphatic carbocycles. The number of nitrogens with one attached hydrogen (secondary N) is 1. The van der Waals surface area contributed by atoms with Crippen LogP contribution in [0.3, 0.4) is 0 Å². The highest BCUT2D eigenvalue weighted by molar-refractivity contribution is 5.85. The van der Waals surface area contributed by atoms with Gasteiger partial charge in [0.05, 0.1) is 12.1 Å². The van der Waals surface area contributed by atoms with E-state index in [4.69, 9.17) is 4.74 Å². The molecule has 1 aliphatic rings. The van der Waals surface area contributed by atoms with Crippen molar-refractivity contribution in [1.29, 1.82) is 0 Å². The summed E-state index contributed by atoms with van der Waals surface area (Å²) in [6.07, 6.45) is 2.19. The molecule has 0 spiro atoms. The molecule has 1 heterocycles. The third kappa shape index (κ3) is 3.47. The smallest absolute Gasteiger partial charge is 0.242 e. The van der Waals surface area contributed by atoms with Gasteiger partial charge in [-0.2, -0.15) is 0 Å². The molecule has 0 atom stereocenters. The molecule has 0 aromatic rings. The van der Waals surface area contributed by atoms with E-state index in [1.54, 1.807) is 7.11 Å². The number of rotatable bonds is 3. The van der Waals surface area contributed by atoms with Gasteiger partial charge in [0.15, 0.2) is 0 Å². The summed E-state index contributed by atoms with van der Waals surface area (Å²) in [6.45, 7) is 6.98. The fourth-order valence-electron chi connectivity index (χ4n) is 1.82. The van der Waals surface area contributed by atoms with Crippen molar-refractivity contribution in [3.05, 3.63) is 0 Å². The quantitative estimate of drug-likeness (QED) is 0.749. The second-order valence-electron chi connectivity index (χ2n) is 4.54. The zero-order chi connectivity index (χ0) is 11.3. The summed E-state index contributed by atoms with van der Waals surface area (Å²) in [6, 6.07) is 0. The largest absolute Gasteiger partial charge is 0.383 e. The maximum Gasteiger partial charge on any atom is 0.242 e. The molecule has 4 heteroatoms. The molecule has 1 fully saturated rings. The van der Waals surface area contributed by atoms with Crippen LogP contribution in [0.2, 0.25) is 0 Å². The second kappa shape index (κ2) is 5.47. The van der Waals surface area contributed by atoms with E-state index < -0.39 is 5.54 Å². The van der Waals surface area contributed by atoms with E-state index in [0.717, 1.165) is 25.9 Å². The Morgan fingerprint density at radius 2 is 2.20 bits per heavy atom. The molecule has 0 unspecified atom stereocenters. The van der Waals surface area contributed by atoms with Crippen molar-refractivity contribution in [3.8, 4) is 0 Å². The summed E-state index contributed by atoms with van der Waals surface area (Å²) in [5.41, 5.74) is -0.436. The van der Waals surface area contributed by atoms with Crippen molar-refractivity contribution >= 4 is 5.91 Å². The highest BCUT2D eigenvalue weighted by atomic mass is 16.5. The summed E-state index contributed by atoms with van der Waals surface area (Å²) >= 11 is 0. The van der Waals surface area contributed by atoms with Gasteiger partial charge in [0.2, 0.25) is 5.91 Å². The number of hydrogen-bond donors (Lipinski definition) is 1. The summed E-state index contributed by atoms with van der Waals surface area (Å²) in [7, 11) is 1.66. The summed E-state index contributed by atoms with van der Waals surface area (Å²) < 4.78 is 5.02. The van der Waals surface area contributed by atoms with Crippen LogP contribution in [0.1, 0.15) is 26.7 Å². The number of nitrogens with zero attached hydrogens (tertiary/aromatic N) is 1. The molecule has 0 bridgehead atoms. The Bertz CT molecular complexity index is 215. The van der Waals surface area contributed by atoms with Crippen LogP contribution in [-0.2, 0) is 9.53 Å². The minimum Gasteiger partial charge on any atom is -0.383 e. The predicted molar refractivity (Wildman–Crippen MR) is 59.8 cm³/mol. The van der Waals surface area contributed by atoms with Crippen molar-refractivity contribution in [2.24, 2.45) is 0 Å². The Morgan fingerprint density at radius 3 is 2.87 bits per heavy atom. The van der Waals surface area contributed by atoms with Crippen LogP contribution in [0.15, 0.2) is 0 Å². The average Bonchev–Trinajstić information content (AvgIpc) is 2.19. The van der Waals surface area contributed by atoms with Crippen molar-refractivity contribution in [2.75, 3.05) is 33.4 Å². The fraction of sp³-hybridized carbons (Fsp3) is 0.909. The van der Waals surface area contributed by atoms with Gasteiger partial charge in [0.25, 0.3) is 0 Å². The van der Waals surface area contributed by atoms with Gasteiger partial charge in [-0.25, -0.2) is 0 Å². The third-order valence-corrected chi connectivity index (χ3v) is 2.81. The number of carbonyl (C=O) groups excluding carboxylic acids is 1. The van der Waals surface area contributed by atoms with Gasteiger partial charge in [-0.3, -0.25) is 4.79 Å². The zero-order valence-electron chi connectivity index (χ0n) is 10.0. The molecule has 88 valence electrons. The van der Waals surface area contributed by atoms with Crippen molar-refractivity contribution < 1.29 is 9.53 Å². The van der Waals surface area contributed by atoms with E-state index in [2.05, 4.69) is 5.32 Å². The lowest BCUT2D eigenvalue weighted by molar-refractivity contribution is -0.138. The van der Waals surface area contributed by atoms with Crippen LogP contribution < -0.4 is 5.32 Å². The van der Waals surface area contributed by atoms with Gasteiger partial charge in [-0.15, -0.1) is 0 Å². The average molecular weight is 214 g/mol. The van der Waals surface area contributed by atoms with Crippen LogP contribution >= 0.6 is 0 Å². The van der Waals surface area contributed by atoms with Gasteiger partial charge in [0, 0.05) is 20.2 Å². The lowest BCUT2D eigenvalue weighted by atomic mass is 10.0. The molecular formula is C11H22N2O2. The van der Waals surface area contributed by atoms with E-state index >= 15 is 0 Å². The van der Waals surface area contributed by atoms with E-state index in [1.807, 2.05) is 18.7 Å². The van der Waals surface area contributed by atoms with Gasteiger partial charge < -0.3 is 15.0 Å². The number of methoxy groups -OCH3 is 1. The Kier molecular flexibility index (Phi) is 4.54. The maximum atomic E-state index is 12.1. The highest BCUT2D eigenvalue weighted by Gasteiger charge is 2.32. The Hall–Kier alpha value is -0.610. The van der Waals surface area contributed by atoms with Crippen LogP contribution in [0.25, 0.3) is 0 Å². The van der Waals surface area contributed by atoms with Crippen LogP contribution in [0.4, 0.5) is 0 Å². The molecule has 1 amide bonds. The highest BCUT2D eigenvalue weighted by Crippen LogP contribution is 2.12. The van der Waals surface area contributed by atoms with E-state index in [1.165, 1.54) is 0 Å². The molecule has 15 heavy (non-hydrogen) atoms. The number of carbonyl (C=O) groups is 1. The van der Waals surface area contributed by atoms with Crippen LogP contribution in [-0.4, -0.2) is 49.7 Å². The first-order valence-corrected chi connectivity index (χ1v) is 5.61. The second-order valence-corrected chi connectivity index (χ2v) is 4.54. The fourth-order valence-corrected chi connectivity index (χ4v) is 1.82. The summed E-state index contributed by atoms with van der Waals surface area (Å²) in [4.78, 5) is 14.0. The molecule has 0 radical (unpaired) electrons. The number of hydrogen-bond acceptors (Lipinski definition) is 3. The van der Waals surface area contributed by atoms with Crippen LogP contribution in [0.5, 0.6) is 0 Å². The molecule has 0 saturated carbocycles. The Labute approximate surface area is 92.0 Å². The van der Waals surface area contributed by atoms with Gasteiger partial charge in [-0.1, -0.05) is 0 Å². The topological polar surface area (TPSA) is 41.6 Å². The molecule has 1 saturated heterocycles. The summed E-state index contributed by atoms with van der Waals surface area (Å²) in [5.74, 6) is 0.180. The number of ether oxygens (including phenoxy) is 1. The molecule has 0 aromatic heterocycles. The molecule has 0 aromatic carbocycles. The van der Waals surface area contributed by atoms with Crippen molar-refractivity contribution in [3.63, 3.8) is 0 Å². The molecule has 4 nitrogen and oxygen atoms in total. The van der Waals surface area contributed by atoms with E-state index in [-0.39, 0.29) is 5.91 Å². The number of amides is 1. The minimum atomic E-state index is -0.436. The Balaban J connectivity index is 2.61. The first-order chi connectivity index (χ1) is 7.08. The van der Waals surface area contributed by atoms with E-state index in [9.17, 15) is 4.79 Å². The zero-order valence-corrected chi connectivity index (χ0v) is 10.0. The molecule has 1 N–H and O–H groups in total. The van der Waals surface area contributed by atoms with Gasteiger partial charge >= 0.3 is 0 Å². The minimum absolute atomic E-state index is 0.180. The van der Waals surface area contributed by atoms with Crippen LogP contribution in [0, 0.1) is 0 Å². The van der Waals surface area contributed by atoms with E-state index in [0.29, 0.717) is 13.2 Å². The monoisotopic (exact) mass is 214 g/mol. The predicted octanol–water partition coefficient (Wildman–Crippen LogP) is 0.623. The first-order valence-electron chi connectivity index (χ1n) is 5.61.